The number of rotatable bonds is 4. The summed E-state index contributed by atoms with van der Waals surface area (Å²) in [6, 6.07) is 7.59. The van der Waals surface area contributed by atoms with Crippen LogP contribution in [0.5, 0.6) is 0 Å². The third kappa shape index (κ3) is 4.24. The van der Waals surface area contributed by atoms with Gasteiger partial charge < -0.3 is 21.1 Å². The number of aromatic nitrogens is 2. The molecule has 1 saturated heterocycles. The Morgan fingerprint density at radius 2 is 2.11 bits per heavy atom. The minimum absolute atomic E-state index is 0.0878. The third-order valence-electron chi connectivity index (χ3n) is 4.73. The summed E-state index contributed by atoms with van der Waals surface area (Å²) in [7, 11) is 0. The van der Waals surface area contributed by atoms with Crippen LogP contribution in [0.4, 0.5) is 16.3 Å². The number of urea groups is 1. The van der Waals surface area contributed by atoms with Crippen molar-refractivity contribution in [1.29, 1.82) is 0 Å². The van der Waals surface area contributed by atoms with Crippen LogP contribution in [0, 0.1) is 6.92 Å². The van der Waals surface area contributed by atoms with Crippen molar-refractivity contribution in [3.05, 3.63) is 35.5 Å². The Morgan fingerprint density at radius 1 is 1.37 bits per heavy atom. The number of nitrogen functional groups attached to an aromatic ring is 1. The van der Waals surface area contributed by atoms with Gasteiger partial charge in [0, 0.05) is 18.6 Å². The monoisotopic (exact) mass is 371 g/mol. The lowest BCUT2D eigenvalue weighted by atomic mass is 9.91. The average Bonchev–Trinajstić information content (AvgIpc) is 3.22. The number of nitrogens with two attached hydrogens (primary N) is 1. The number of aryl methyl sites for hydroxylation is 1. The van der Waals surface area contributed by atoms with E-state index in [2.05, 4.69) is 10.6 Å². The molecule has 1 fully saturated rings. The molecule has 2 heterocycles. The summed E-state index contributed by atoms with van der Waals surface area (Å²) in [5.41, 5.74) is 9.37. The minimum atomic E-state index is -0.299. The van der Waals surface area contributed by atoms with Gasteiger partial charge in [-0.05, 0) is 31.4 Å². The number of anilines is 2. The number of amides is 2. The van der Waals surface area contributed by atoms with Gasteiger partial charge in [-0.2, -0.15) is 5.10 Å². The molecule has 1 unspecified atom stereocenters. The molecule has 146 valence electrons. The van der Waals surface area contributed by atoms with Crippen molar-refractivity contribution in [2.75, 3.05) is 24.2 Å². The number of carbonyl (C=O) groups excluding carboxylic acids is 1. The van der Waals surface area contributed by atoms with E-state index in [1.165, 1.54) is 0 Å². The molecule has 0 bridgehead atoms. The molecule has 3 rings (SSSR count). The average molecular weight is 371 g/mol. The molecule has 0 saturated carbocycles. The molecule has 7 heteroatoms. The Balaban J connectivity index is 1.86. The van der Waals surface area contributed by atoms with Crippen LogP contribution in [0.1, 0.15) is 44.9 Å². The van der Waals surface area contributed by atoms with Gasteiger partial charge in [0.2, 0.25) is 0 Å². The summed E-state index contributed by atoms with van der Waals surface area (Å²) >= 11 is 0. The molecule has 0 aliphatic carbocycles. The topological polar surface area (TPSA) is 94.2 Å². The van der Waals surface area contributed by atoms with E-state index in [0.29, 0.717) is 18.1 Å². The van der Waals surface area contributed by atoms with E-state index in [1.807, 2.05) is 52.0 Å². The van der Waals surface area contributed by atoms with E-state index < -0.39 is 0 Å². The number of carbonyl (C=O) groups is 1. The molecule has 0 spiro atoms. The highest BCUT2D eigenvalue weighted by Gasteiger charge is 2.28. The predicted octanol–water partition coefficient (Wildman–Crippen LogP) is 3.36. The van der Waals surface area contributed by atoms with Gasteiger partial charge in [0.25, 0.3) is 0 Å². The smallest absolute Gasteiger partial charge is 0.319 e. The van der Waals surface area contributed by atoms with E-state index >= 15 is 0 Å². The van der Waals surface area contributed by atoms with Crippen LogP contribution in [0.2, 0.25) is 0 Å². The summed E-state index contributed by atoms with van der Waals surface area (Å²) in [6.07, 6.45) is 2.10. The van der Waals surface area contributed by atoms with Gasteiger partial charge in [-0.25, -0.2) is 9.48 Å². The summed E-state index contributed by atoms with van der Waals surface area (Å²) in [5, 5.41) is 10.5. The first-order valence-corrected chi connectivity index (χ1v) is 9.39. The SMILES string of the molecule is Cc1ccccc1-n1nc(C(C)(C)C)c(NC(=O)NCC2CCCO2)c1N. The molecule has 4 N–H and O–H groups in total. The molecule has 2 aromatic rings. The van der Waals surface area contributed by atoms with E-state index in [-0.39, 0.29) is 17.6 Å². The van der Waals surface area contributed by atoms with Crippen molar-refractivity contribution in [3.8, 4) is 5.69 Å². The van der Waals surface area contributed by atoms with E-state index in [1.54, 1.807) is 4.68 Å². The molecule has 1 aliphatic rings. The number of ether oxygens (including phenoxy) is 1. The Bertz CT molecular complexity index is 816. The number of benzene rings is 1. The minimum Gasteiger partial charge on any atom is -0.382 e. The van der Waals surface area contributed by atoms with Crippen molar-refractivity contribution < 1.29 is 9.53 Å². The van der Waals surface area contributed by atoms with Gasteiger partial charge in [-0.3, -0.25) is 0 Å². The highest BCUT2D eigenvalue weighted by molar-refractivity contribution is 5.93. The van der Waals surface area contributed by atoms with Gasteiger partial charge >= 0.3 is 6.03 Å². The molecule has 1 atom stereocenters. The van der Waals surface area contributed by atoms with Crippen molar-refractivity contribution in [2.24, 2.45) is 0 Å². The lowest BCUT2D eigenvalue weighted by Gasteiger charge is -2.18. The van der Waals surface area contributed by atoms with Crippen LogP contribution >= 0.6 is 0 Å². The lowest BCUT2D eigenvalue weighted by Crippen LogP contribution is -2.35. The predicted molar refractivity (Wildman–Crippen MR) is 107 cm³/mol. The fraction of sp³-hybridized carbons (Fsp3) is 0.500. The summed E-state index contributed by atoms with van der Waals surface area (Å²) in [6.45, 7) is 9.40. The van der Waals surface area contributed by atoms with Crippen molar-refractivity contribution >= 4 is 17.5 Å². The van der Waals surface area contributed by atoms with Crippen molar-refractivity contribution in [3.63, 3.8) is 0 Å². The first-order valence-electron chi connectivity index (χ1n) is 9.39. The van der Waals surface area contributed by atoms with E-state index in [9.17, 15) is 4.79 Å². The summed E-state index contributed by atoms with van der Waals surface area (Å²) in [5.74, 6) is 0.418. The van der Waals surface area contributed by atoms with Gasteiger partial charge in [-0.1, -0.05) is 39.0 Å². The highest BCUT2D eigenvalue weighted by Crippen LogP contribution is 2.35. The maximum atomic E-state index is 12.4. The van der Waals surface area contributed by atoms with Crippen molar-refractivity contribution in [2.45, 2.75) is 52.1 Å². The molecule has 2 amide bonds. The van der Waals surface area contributed by atoms with Crippen LogP contribution in [0.15, 0.2) is 24.3 Å². The van der Waals surface area contributed by atoms with Gasteiger partial charge in [0.05, 0.1) is 17.5 Å². The number of hydrogen-bond acceptors (Lipinski definition) is 4. The molecule has 1 aromatic carbocycles. The molecule has 0 radical (unpaired) electrons. The normalized spacial score (nSPS) is 17.1. The molecule has 1 aliphatic heterocycles. The number of hydrogen-bond donors (Lipinski definition) is 3. The van der Waals surface area contributed by atoms with Crippen molar-refractivity contribution in [1.82, 2.24) is 15.1 Å². The largest absolute Gasteiger partial charge is 0.382 e. The third-order valence-corrected chi connectivity index (χ3v) is 4.73. The zero-order chi connectivity index (χ0) is 19.6. The quantitative estimate of drug-likeness (QED) is 0.768. The van der Waals surface area contributed by atoms with Crippen LogP contribution in [0.25, 0.3) is 5.69 Å². The van der Waals surface area contributed by atoms with Crippen LogP contribution in [0.3, 0.4) is 0 Å². The maximum absolute atomic E-state index is 12.4. The Kier molecular flexibility index (Phi) is 5.41. The van der Waals surface area contributed by atoms with Gasteiger partial charge in [-0.15, -0.1) is 0 Å². The van der Waals surface area contributed by atoms with Crippen LogP contribution in [-0.4, -0.2) is 35.1 Å². The fourth-order valence-corrected chi connectivity index (χ4v) is 3.23. The second-order valence-corrected chi connectivity index (χ2v) is 8.03. The zero-order valence-corrected chi connectivity index (χ0v) is 16.5. The Hall–Kier alpha value is -2.54. The van der Waals surface area contributed by atoms with E-state index in [4.69, 9.17) is 15.6 Å². The second kappa shape index (κ2) is 7.60. The molecular weight excluding hydrogens is 342 g/mol. The van der Waals surface area contributed by atoms with Crippen LogP contribution in [-0.2, 0) is 10.2 Å². The number of para-hydroxylation sites is 1. The van der Waals surface area contributed by atoms with Gasteiger partial charge in [0.15, 0.2) is 5.82 Å². The summed E-state index contributed by atoms with van der Waals surface area (Å²) < 4.78 is 7.25. The first-order chi connectivity index (χ1) is 12.8. The Labute approximate surface area is 160 Å². The molecule has 27 heavy (non-hydrogen) atoms. The highest BCUT2D eigenvalue weighted by atomic mass is 16.5. The fourth-order valence-electron chi connectivity index (χ4n) is 3.23. The number of nitrogens with zero attached hydrogens (tertiary/aromatic N) is 2. The standard InChI is InChI=1S/C20H29N5O2/c1-13-8-5-6-10-15(13)25-18(21)16(17(24-25)20(2,3)4)23-19(26)22-12-14-9-7-11-27-14/h5-6,8,10,14H,7,9,11-12,21H2,1-4H3,(H2,22,23,26). The summed E-state index contributed by atoms with van der Waals surface area (Å²) in [4.78, 5) is 12.4. The van der Waals surface area contributed by atoms with Crippen LogP contribution < -0.4 is 16.4 Å². The van der Waals surface area contributed by atoms with Gasteiger partial charge in [0.1, 0.15) is 5.69 Å². The molecule has 7 nitrogen and oxygen atoms in total. The number of nitrogens with one attached hydrogen (secondary N) is 2. The zero-order valence-electron chi connectivity index (χ0n) is 16.5. The second-order valence-electron chi connectivity index (χ2n) is 8.03. The maximum Gasteiger partial charge on any atom is 0.319 e. The first kappa shape index (κ1) is 19.2. The van der Waals surface area contributed by atoms with E-state index in [0.717, 1.165) is 36.4 Å². The Morgan fingerprint density at radius 3 is 2.74 bits per heavy atom. The lowest BCUT2D eigenvalue weighted by molar-refractivity contribution is 0.112. The molecular formula is C20H29N5O2. The molecule has 1 aromatic heterocycles.